The molecular weight excluding hydrogens is 342 g/mol. The number of ether oxygens (including phenoxy) is 2. The van der Waals surface area contributed by atoms with E-state index < -0.39 is 5.97 Å². The van der Waals surface area contributed by atoms with Crippen molar-refractivity contribution in [2.75, 3.05) is 13.1 Å². The second-order valence-electron chi connectivity index (χ2n) is 6.81. The monoisotopic (exact) mass is 365 g/mol. The molecule has 1 fully saturated rings. The summed E-state index contributed by atoms with van der Waals surface area (Å²) in [4.78, 5) is 12.5. The van der Waals surface area contributed by atoms with Crippen molar-refractivity contribution >= 4 is 16.9 Å². The maximum absolute atomic E-state index is 12.5. The summed E-state index contributed by atoms with van der Waals surface area (Å²) in [5, 5.41) is 4.19. The van der Waals surface area contributed by atoms with E-state index >= 15 is 0 Å². The molecular formula is C22H23NO4. The topological polar surface area (TPSA) is 60.7 Å². The summed E-state index contributed by atoms with van der Waals surface area (Å²) in [5.74, 6) is 0.547. The lowest BCUT2D eigenvalue weighted by Crippen LogP contribution is -2.34. The van der Waals surface area contributed by atoms with Gasteiger partial charge in [0.05, 0.1) is 5.39 Å². The molecule has 1 aromatic heterocycles. The molecule has 0 amide bonds. The molecule has 1 aliphatic heterocycles. The van der Waals surface area contributed by atoms with Gasteiger partial charge in [-0.3, -0.25) is 0 Å². The first-order valence-electron chi connectivity index (χ1n) is 9.33. The summed E-state index contributed by atoms with van der Waals surface area (Å²) in [5.41, 5.74) is 2.34. The fourth-order valence-corrected chi connectivity index (χ4v) is 3.44. The molecule has 0 spiro atoms. The van der Waals surface area contributed by atoms with E-state index in [0.29, 0.717) is 5.58 Å². The Morgan fingerprint density at radius 1 is 1.11 bits per heavy atom. The van der Waals surface area contributed by atoms with Crippen LogP contribution in [0.1, 0.15) is 34.5 Å². The van der Waals surface area contributed by atoms with Gasteiger partial charge in [0.15, 0.2) is 0 Å². The number of benzene rings is 2. The number of carbonyl (C=O) groups is 1. The Morgan fingerprint density at radius 2 is 1.89 bits per heavy atom. The molecule has 5 heteroatoms. The number of esters is 1. The van der Waals surface area contributed by atoms with Crippen LogP contribution >= 0.6 is 0 Å². The molecule has 0 atom stereocenters. The molecule has 140 valence electrons. The zero-order chi connectivity index (χ0) is 18.6. The first kappa shape index (κ1) is 17.6. The first-order valence-corrected chi connectivity index (χ1v) is 9.33. The average Bonchev–Trinajstić information content (AvgIpc) is 3.05. The summed E-state index contributed by atoms with van der Waals surface area (Å²) < 4.78 is 17.5. The van der Waals surface area contributed by atoms with Crippen LogP contribution in [0.5, 0.6) is 5.75 Å². The van der Waals surface area contributed by atoms with Crippen molar-refractivity contribution in [3.05, 3.63) is 65.4 Å². The van der Waals surface area contributed by atoms with Gasteiger partial charge in [-0.1, -0.05) is 36.4 Å². The molecule has 0 aliphatic carbocycles. The third-order valence-corrected chi connectivity index (χ3v) is 4.89. The number of aryl methyl sites for hydroxylation is 1. The van der Waals surface area contributed by atoms with Crippen molar-refractivity contribution in [3.63, 3.8) is 0 Å². The van der Waals surface area contributed by atoms with Crippen molar-refractivity contribution in [1.82, 2.24) is 5.32 Å². The predicted octanol–water partition coefficient (Wildman–Crippen LogP) is 4.23. The van der Waals surface area contributed by atoms with Gasteiger partial charge < -0.3 is 19.2 Å². The van der Waals surface area contributed by atoms with E-state index in [4.69, 9.17) is 13.9 Å². The number of piperidine rings is 1. The smallest absolute Gasteiger partial charge is 0.374 e. The van der Waals surface area contributed by atoms with Gasteiger partial charge in [0.1, 0.15) is 24.0 Å². The van der Waals surface area contributed by atoms with Crippen LogP contribution in [0.2, 0.25) is 0 Å². The highest BCUT2D eigenvalue weighted by Gasteiger charge is 2.23. The van der Waals surface area contributed by atoms with E-state index in [0.717, 1.165) is 48.2 Å². The summed E-state index contributed by atoms with van der Waals surface area (Å²) in [6.45, 7) is 4.01. The molecule has 0 unspecified atom stereocenters. The van der Waals surface area contributed by atoms with Crippen LogP contribution in [0, 0.1) is 6.92 Å². The second kappa shape index (κ2) is 7.84. The van der Waals surface area contributed by atoms with E-state index in [1.54, 1.807) is 0 Å². The van der Waals surface area contributed by atoms with Gasteiger partial charge in [-0.25, -0.2) is 4.79 Å². The maximum Gasteiger partial charge on any atom is 0.374 e. The highest BCUT2D eigenvalue weighted by molar-refractivity contribution is 5.98. The largest absolute Gasteiger partial charge is 0.490 e. The van der Waals surface area contributed by atoms with Gasteiger partial charge in [0, 0.05) is 5.56 Å². The SMILES string of the molecule is Cc1c(C(=O)OCc2ccccc2)oc2cccc(OC3CCNCC3)c12. The molecule has 1 saturated heterocycles. The molecule has 3 aromatic rings. The zero-order valence-electron chi connectivity index (χ0n) is 15.4. The van der Waals surface area contributed by atoms with E-state index in [1.807, 2.05) is 55.5 Å². The lowest BCUT2D eigenvalue weighted by molar-refractivity contribution is 0.0437. The Morgan fingerprint density at radius 3 is 2.67 bits per heavy atom. The van der Waals surface area contributed by atoms with Gasteiger partial charge >= 0.3 is 5.97 Å². The first-order chi connectivity index (χ1) is 13.2. The minimum absolute atomic E-state index is 0.180. The number of hydrogen-bond acceptors (Lipinski definition) is 5. The van der Waals surface area contributed by atoms with Crippen LogP contribution in [-0.2, 0) is 11.3 Å². The van der Waals surface area contributed by atoms with E-state index in [2.05, 4.69) is 5.32 Å². The van der Waals surface area contributed by atoms with Crippen LogP contribution in [-0.4, -0.2) is 25.2 Å². The minimum Gasteiger partial charge on any atom is -0.490 e. The van der Waals surface area contributed by atoms with Crippen molar-refractivity contribution in [2.45, 2.75) is 32.5 Å². The number of hydrogen-bond donors (Lipinski definition) is 1. The predicted molar refractivity (Wildman–Crippen MR) is 103 cm³/mol. The second-order valence-corrected chi connectivity index (χ2v) is 6.81. The van der Waals surface area contributed by atoms with E-state index in [-0.39, 0.29) is 18.5 Å². The quantitative estimate of drug-likeness (QED) is 0.686. The Bertz CT molecular complexity index is 926. The highest BCUT2D eigenvalue weighted by atomic mass is 16.5. The number of nitrogens with one attached hydrogen (secondary N) is 1. The van der Waals surface area contributed by atoms with Crippen molar-refractivity contribution < 1.29 is 18.7 Å². The van der Waals surface area contributed by atoms with Gasteiger partial charge in [0.25, 0.3) is 0 Å². The molecule has 0 bridgehead atoms. The van der Waals surface area contributed by atoms with Crippen LogP contribution in [0.25, 0.3) is 11.0 Å². The molecule has 0 saturated carbocycles. The number of furan rings is 1. The summed E-state index contributed by atoms with van der Waals surface area (Å²) in [6, 6.07) is 15.3. The zero-order valence-corrected chi connectivity index (χ0v) is 15.4. The Kier molecular flexibility index (Phi) is 5.12. The molecule has 5 nitrogen and oxygen atoms in total. The van der Waals surface area contributed by atoms with Crippen molar-refractivity contribution in [1.29, 1.82) is 0 Å². The molecule has 2 heterocycles. The molecule has 4 rings (SSSR count). The number of carbonyl (C=O) groups excluding carboxylic acids is 1. The highest BCUT2D eigenvalue weighted by Crippen LogP contribution is 2.34. The maximum atomic E-state index is 12.5. The van der Waals surface area contributed by atoms with Crippen molar-refractivity contribution in [3.8, 4) is 5.75 Å². The number of fused-ring (bicyclic) bond motifs is 1. The minimum atomic E-state index is -0.458. The summed E-state index contributed by atoms with van der Waals surface area (Å²) in [7, 11) is 0. The molecule has 1 aliphatic rings. The third kappa shape index (κ3) is 3.83. The standard InChI is InChI=1S/C22H23NO4/c1-15-20-18(26-17-10-12-23-13-11-17)8-5-9-19(20)27-21(15)22(24)25-14-16-6-3-2-4-7-16/h2-9,17,23H,10-14H2,1H3. The van der Waals surface area contributed by atoms with Crippen molar-refractivity contribution in [2.24, 2.45) is 0 Å². The van der Waals surface area contributed by atoms with Gasteiger partial charge in [0.2, 0.25) is 5.76 Å². The van der Waals surface area contributed by atoms with Crippen LogP contribution in [0.3, 0.4) is 0 Å². The fraction of sp³-hybridized carbons (Fsp3) is 0.318. The molecule has 27 heavy (non-hydrogen) atoms. The van der Waals surface area contributed by atoms with Gasteiger partial charge in [-0.2, -0.15) is 0 Å². The Labute approximate surface area is 158 Å². The van der Waals surface area contributed by atoms with Crippen LogP contribution in [0.4, 0.5) is 0 Å². The lowest BCUT2D eigenvalue weighted by Gasteiger charge is -2.24. The summed E-state index contributed by atoms with van der Waals surface area (Å²) in [6.07, 6.45) is 2.12. The van der Waals surface area contributed by atoms with Gasteiger partial charge in [-0.05, 0) is 50.6 Å². The molecule has 2 aromatic carbocycles. The Hall–Kier alpha value is -2.79. The lowest BCUT2D eigenvalue weighted by atomic mass is 10.1. The molecule has 1 N–H and O–H groups in total. The van der Waals surface area contributed by atoms with Gasteiger partial charge in [-0.15, -0.1) is 0 Å². The normalized spacial score (nSPS) is 15.0. The third-order valence-electron chi connectivity index (χ3n) is 4.89. The number of rotatable bonds is 5. The van der Waals surface area contributed by atoms with Crippen LogP contribution in [0.15, 0.2) is 52.9 Å². The fourth-order valence-electron chi connectivity index (χ4n) is 3.44. The van der Waals surface area contributed by atoms with E-state index in [9.17, 15) is 4.79 Å². The summed E-state index contributed by atoms with van der Waals surface area (Å²) >= 11 is 0. The van der Waals surface area contributed by atoms with Crippen LogP contribution < -0.4 is 10.1 Å². The molecule has 0 radical (unpaired) electrons. The van der Waals surface area contributed by atoms with E-state index in [1.165, 1.54) is 0 Å². The average molecular weight is 365 g/mol. The Balaban J connectivity index is 1.56.